The lowest BCUT2D eigenvalue weighted by molar-refractivity contribution is -0.141. The van der Waals surface area contributed by atoms with Crippen LogP contribution in [0.2, 0.25) is 0 Å². The normalized spacial score (nSPS) is 20.1. The van der Waals surface area contributed by atoms with Gasteiger partial charge in [-0.05, 0) is 18.2 Å². The number of anilines is 3. The summed E-state index contributed by atoms with van der Waals surface area (Å²) in [5.41, 5.74) is 9.46. The van der Waals surface area contributed by atoms with Gasteiger partial charge in [-0.15, -0.1) is 0 Å². The molecule has 188 valence electrons. The predicted molar refractivity (Wildman–Crippen MR) is 138 cm³/mol. The Bertz CT molecular complexity index is 1300. The highest BCUT2D eigenvalue weighted by atomic mass is 16.5. The number of pyridine rings is 1. The van der Waals surface area contributed by atoms with Gasteiger partial charge in [0.2, 0.25) is 0 Å². The number of nitrogens with one attached hydrogen (secondary N) is 1. The predicted octanol–water partition coefficient (Wildman–Crippen LogP) is 1.39. The molecule has 2 radical (unpaired) electrons. The number of aliphatic carboxylic acids is 1. The molecule has 0 spiro atoms. The van der Waals surface area contributed by atoms with Gasteiger partial charge in [0.05, 0.1) is 48.6 Å². The molecule has 1 aromatic carbocycles. The number of carboxylic acid groups (broad SMARTS) is 1. The first-order chi connectivity index (χ1) is 17.9. The van der Waals surface area contributed by atoms with Crippen LogP contribution in [0.25, 0.3) is 11.3 Å². The van der Waals surface area contributed by atoms with Crippen LogP contribution in [-0.4, -0.2) is 84.1 Å². The quantitative estimate of drug-likeness (QED) is 0.425. The molecule has 2 saturated heterocycles. The summed E-state index contributed by atoms with van der Waals surface area (Å²) in [6, 6.07) is 9.21. The fraction of sp³-hybridized carbons (Fsp3) is 0.320. The van der Waals surface area contributed by atoms with Gasteiger partial charge in [-0.3, -0.25) is 14.6 Å². The van der Waals surface area contributed by atoms with Gasteiger partial charge in [-0.1, -0.05) is 24.3 Å². The van der Waals surface area contributed by atoms with Crippen molar-refractivity contribution in [3.8, 4) is 11.3 Å². The van der Waals surface area contributed by atoms with E-state index in [-0.39, 0.29) is 17.4 Å². The number of nitrogen functional groups attached to an aromatic ring is 1. The molecule has 0 aliphatic carbocycles. The van der Waals surface area contributed by atoms with Crippen LogP contribution in [-0.2, 0) is 9.53 Å². The summed E-state index contributed by atoms with van der Waals surface area (Å²) in [5.74, 6) is -2.14. The first-order valence-electron chi connectivity index (χ1n) is 11.9. The third-order valence-electron chi connectivity index (χ3n) is 6.71. The molecule has 12 heteroatoms. The van der Waals surface area contributed by atoms with Crippen LogP contribution in [0, 0.1) is 5.92 Å². The van der Waals surface area contributed by atoms with Crippen molar-refractivity contribution in [2.75, 3.05) is 55.3 Å². The second-order valence-corrected chi connectivity index (χ2v) is 9.06. The fourth-order valence-corrected chi connectivity index (χ4v) is 4.77. The smallest absolute Gasteiger partial charge is 0.308 e. The number of nitrogens with zero attached hydrogens (tertiary/aromatic N) is 5. The molecule has 4 N–H and O–H groups in total. The highest BCUT2D eigenvalue weighted by Gasteiger charge is 2.36. The maximum Gasteiger partial charge on any atom is 0.308 e. The molecule has 5 rings (SSSR count). The maximum absolute atomic E-state index is 13.2. The number of ether oxygens (including phenoxy) is 1. The van der Waals surface area contributed by atoms with Crippen LogP contribution in [0.4, 0.5) is 17.2 Å². The van der Waals surface area contributed by atoms with Crippen molar-refractivity contribution in [3.63, 3.8) is 0 Å². The van der Waals surface area contributed by atoms with E-state index >= 15 is 0 Å². The van der Waals surface area contributed by atoms with E-state index in [1.54, 1.807) is 12.4 Å². The van der Waals surface area contributed by atoms with Crippen molar-refractivity contribution in [2.24, 2.45) is 5.92 Å². The van der Waals surface area contributed by atoms with Crippen molar-refractivity contribution in [3.05, 3.63) is 60.2 Å². The highest BCUT2D eigenvalue weighted by Crippen LogP contribution is 2.33. The van der Waals surface area contributed by atoms with Gasteiger partial charge in [0, 0.05) is 37.3 Å². The van der Waals surface area contributed by atoms with E-state index in [4.69, 9.17) is 18.5 Å². The van der Waals surface area contributed by atoms with Crippen LogP contribution in [0.1, 0.15) is 22.0 Å². The molecular formula is C25H26BN7O4. The minimum absolute atomic E-state index is 0.00105. The zero-order valence-corrected chi connectivity index (χ0v) is 20.1. The summed E-state index contributed by atoms with van der Waals surface area (Å²) in [7, 11) is 5.87. The van der Waals surface area contributed by atoms with Gasteiger partial charge < -0.3 is 30.6 Å². The average Bonchev–Trinajstić information content (AvgIpc) is 3.32. The molecule has 2 aromatic heterocycles. The number of amides is 1. The Morgan fingerprint density at radius 1 is 1.11 bits per heavy atom. The van der Waals surface area contributed by atoms with E-state index in [9.17, 15) is 14.7 Å². The average molecular weight is 499 g/mol. The molecule has 0 saturated carbocycles. The van der Waals surface area contributed by atoms with E-state index in [0.29, 0.717) is 50.8 Å². The van der Waals surface area contributed by atoms with Crippen molar-refractivity contribution >= 4 is 37.1 Å². The second kappa shape index (κ2) is 10.5. The first kappa shape index (κ1) is 24.7. The highest BCUT2D eigenvalue weighted by molar-refractivity contribution is 6.07. The summed E-state index contributed by atoms with van der Waals surface area (Å²) in [5, 5.41) is 12.4. The summed E-state index contributed by atoms with van der Waals surface area (Å²) in [6.07, 6.45) is 4.76. The van der Waals surface area contributed by atoms with Gasteiger partial charge >= 0.3 is 5.97 Å². The van der Waals surface area contributed by atoms with E-state index in [0.717, 1.165) is 16.8 Å². The molecule has 2 aliphatic rings. The van der Waals surface area contributed by atoms with Crippen LogP contribution in [0.15, 0.2) is 48.9 Å². The molecule has 2 fully saturated rings. The van der Waals surface area contributed by atoms with Crippen LogP contribution in [0.5, 0.6) is 0 Å². The molecule has 11 nitrogen and oxygen atoms in total. The summed E-state index contributed by atoms with van der Waals surface area (Å²) < 4.78 is 5.43. The fourth-order valence-electron chi connectivity index (χ4n) is 4.77. The van der Waals surface area contributed by atoms with Crippen molar-refractivity contribution in [1.82, 2.24) is 19.8 Å². The molecule has 0 unspecified atom stereocenters. The molecule has 0 bridgehead atoms. The number of hydrogen-bond acceptors (Lipinski definition) is 9. The van der Waals surface area contributed by atoms with Crippen LogP contribution < -0.4 is 16.0 Å². The number of carbonyl (C=O) groups is 2. The summed E-state index contributed by atoms with van der Waals surface area (Å²) >= 11 is 0. The summed E-state index contributed by atoms with van der Waals surface area (Å²) in [6.45, 7) is 3.39. The second-order valence-electron chi connectivity index (χ2n) is 9.06. The maximum atomic E-state index is 13.2. The Kier molecular flexibility index (Phi) is 7.02. The number of nitrogens with two attached hydrogens (primary N) is 1. The number of aromatic nitrogens is 3. The number of carboxylic acids is 1. The van der Waals surface area contributed by atoms with Crippen LogP contribution >= 0.6 is 0 Å². The SMILES string of the molecule is [B]N1C[C@@H](C(=O)O)[C@H](c2ccc(-c3cnc(N)c(C(=O)Nc4cnccc4N4CCOCC4)n3)cc2)C1. The van der Waals surface area contributed by atoms with E-state index < -0.39 is 17.8 Å². The van der Waals surface area contributed by atoms with Gasteiger partial charge in [0.25, 0.3) is 5.91 Å². The lowest BCUT2D eigenvalue weighted by Gasteiger charge is -2.30. The van der Waals surface area contributed by atoms with Crippen molar-refractivity contribution in [2.45, 2.75) is 5.92 Å². The standard InChI is InChI=1S/C25H26BN7O4/c26-33-13-17(18(14-33)25(35)36)15-1-3-16(4-2-15)19-12-29-23(27)22(30-19)24(34)31-20-11-28-6-5-21(20)32-7-9-37-10-8-32/h1-6,11-12,17-18H,7-10,13-14H2,(H2,27,29)(H,31,34)(H,35,36)/t17-,18+/m0/s1. The lowest BCUT2D eigenvalue weighted by atomic mass is 9.88. The minimum Gasteiger partial charge on any atom is -0.481 e. The van der Waals surface area contributed by atoms with E-state index in [1.165, 1.54) is 11.0 Å². The Labute approximate surface area is 215 Å². The molecule has 37 heavy (non-hydrogen) atoms. The Morgan fingerprint density at radius 3 is 2.59 bits per heavy atom. The molecular weight excluding hydrogens is 473 g/mol. The third kappa shape index (κ3) is 5.25. The minimum atomic E-state index is -0.868. The number of benzene rings is 1. The topological polar surface area (TPSA) is 147 Å². The summed E-state index contributed by atoms with van der Waals surface area (Å²) in [4.78, 5) is 41.3. The Balaban J connectivity index is 1.36. The Hall–Kier alpha value is -4.03. The number of rotatable bonds is 6. The van der Waals surface area contributed by atoms with Crippen molar-refractivity contribution < 1.29 is 19.4 Å². The zero-order valence-electron chi connectivity index (χ0n) is 20.1. The molecule has 4 heterocycles. The third-order valence-corrected chi connectivity index (χ3v) is 6.71. The van der Waals surface area contributed by atoms with Gasteiger partial charge in [0.1, 0.15) is 0 Å². The van der Waals surface area contributed by atoms with Crippen LogP contribution in [0.3, 0.4) is 0 Å². The first-order valence-corrected chi connectivity index (χ1v) is 11.9. The monoisotopic (exact) mass is 499 g/mol. The number of carbonyl (C=O) groups excluding carboxylic acids is 1. The molecule has 1 amide bonds. The lowest BCUT2D eigenvalue weighted by Crippen LogP contribution is -2.36. The Morgan fingerprint density at radius 2 is 1.86 bits per heavy atom. The van der Waals surface area contributed by atoms with Gasteiger partial charge in [0.15, 0.2) is 19.5 Å². The molecule has 2 aliphatic heterocycles. The largest absolute Gasteiger partial charge is 0.481 e. The van der Waals surface area contributed by atoms with E-state index in [1.807, 2.05) is 30.3 Å². The van der Waals surface area contributed by atoms with E-state index in [2.05, 4.69) is 25.2 Å². The number of hydrogen-bond donors (Lipinski definition) is 3. The number of morpholine rings is 1. The van der Waals surface area contributed by atoms with Gasteiger partial charge in [-0.2, -0.15) is 0 Å². The molecule has 3 aromatic rings. The van der Waals surface area contributed by atoms with Gasteiger partial charge in [-0.25, -0.2) is 9.97 Å². The van der Waals surface area contributed by atoms with Crippen molar-refractivity contribution in [1.29, 1.82) is 0 Å². The molecule has 2 atom stereocenters. The zero-order chi connectivity index (χ0) is 25.9.